The van der Waals surface area contributed by atoms with Gasteiger partial charge in [0.1, 0.15) is 0 Å². The second-order valence-electron chi connectivity index (χ2n) is 3.19. The van der Waals surface area contributed by atoms with Crippen LogP contribution >= 0.6 is 0 Å². The van der Waals surface area contributed by atoms with E-state index in [9.17, 15) is 9.59 Å². The number of nitrogens with two attached hydrogens (primary N) is 1. The molecule has 0 bridgehead atoms. The highest BCUT2D eigenvalue weighted by Gasteiger charge is 2.04. The summed E-state index contributed by atoms with van der Waals surface area (Å²) in [4.78, 5) is 22.2. The monoisotopic (exact) mass is 231 g/mol. The summed E-state index contributed by atoms with van der Waals surface area (Å²) < 4.78 is 0. The smallest absolute Gasteiger partial charge is 0.247 e. The lowest BCUT2D eigenvalue weighted by Gasteiger charge is -2.09. The first-order chi connectivity index (χ1) is 8.06. The maximum atomic E-state index is 11.1. The molecule has 1 rings (SSSR count). The minimum Gasteiger partial charge on any atom is -0.397 e. The van der Waals surface area contributed by atoms with Gasteiger partial charge in [-0.1, -0.05) is 13.2 Å². The van der Waals surface area contributed by atoms with Crippen molar-refractivity contribution < 1.29 is 9.59 Å². The van der Waals surface area contributed by atoms with Crippen LogP contribution in [-0.4, -0.2) is 11.8 Å². The van der Waals surface area contributed by atoms with Gasteiger partial charge < -0.3 is 16.4 Å². The van der Waals surface area contributed by atoms with Crippen LogP contribution in [0, 0.1) is 0 Å². The Labute approximate surface area is 99.0 Å². The third-order valence-electron chi connectivity index (χ3n) is 1.95. The highest BCUT2D eigenvalue weighted by atomic mass is 16.2. The van der Waals surface area contributed by atoms with E-state index >= 15 is 0 Å². The molecule has 0 spiro atoms. The SMILES string of the molecule is C=CC(=O)Nc1ccc(N)c(NC(=O)C=C)c1. The van der Waals surface area contributed by atoms with Crippen LogP contribution in [0.3, 0.4) is 0 Å². The first-order valence-corrected chi connectivity index (χ1v) is 4.83. The summed E-state index contributed by atoms with van der Waals surface area (Å²) in [7, 11) is 0. The number of benzene rings is 1. The van der Waals surface area contributed by atoms with Crippen LogP contribution < -0.4 is 16.4 Å². The van der Waals surface area contributed by atoms with Gasteiger partial charge in [0.05, 0.1) is 11.4 Å². The van der Waals surface area contributed by atoms with Crippen LogP contribution in [0.1, 0.15) is 0 Å². The Balaban J connectivity index is 2.93. The second kappa shape index (κ2) is 5.50. The Morgan fingerprint density at radius 2 is 1.71 bits per heavy atom. The molecule has 88 valence electrons. The molecule has 1 aromatic carbocycles. The van der Waals surface area contributed by atoms with Gasteiger partial charge >= 0.3 is 0 Å². The molecule has 0 atom stereocenters. The first-order valence-electron chi connectivity index (χ1n) is 4.83. The average molecular weight is 231 g/mol. The van der Waals surface area contributed by atoms with Gasteiger partial charge in [0.15, 0.2) is 0 Å². The summed E-state index contributed by atoms with van der Waals surface area (Å²) in [5.41, 5.74) is 7.00. The van der Waals surface area contributed by atoms with Crippen molar-refractivity contribution in [2.45, 2.75) is 0 Å². The standard InChI is InChI=1S/C12H13N3O2/c1-3-11(16)14-8-5-6-9(13)10(7-8)15-12(17)4-2/h3-7H,1-2,13H2,(H,14,16)(H,15,17). The fourth-order valence-electron chi connectivity index (χ4n) is 1.12. The number of carbonyl (C=O) groups excluding carboxylic acids is 2. The number of amides is 2. The van der Waals surface area contributed by atoms with Gasteiger partial charge in [0.2, 0.25) is 11.8 Å². The van der Waals surface area contributed by atoms with Gasteiger partial charge in [-0.05, 0) is 30.4 Å². The van der Waals surface area contributed by atoms with Gasteiger partial charge in [-0.15, -0.1) is 0 Å². The van der Waals surface area contributed by atoms with Crippen molar-refractivity contribution in [2.24, 2.45) is 0 Å². The molecule has 0 saturated carbocycles. The molecule has 4 N–H and O–H groups in total. The highest BCUT2D eigenvalue weighted by Crippen LogP contribution is 2.23. The summed E-state index contributed by atoms with van der Waals surface area (Å²) in [5, 5.41) is 5.09. The van der Waals surface area contributed by atoms with Crippen molar-refractivity contribution in [1.29, 1.82) is 0 Å². The molecule has 0 saturated heterocycles. The number of nitrogen functional groups attached to an aromatic ring is 1. The third kappa shape index (κ3) is 3.49. The van der Waals surface area contributed by atoms with E-state index in [0.29, 0.717) is 17.1 Å². The minimum absolute atomic E-state index is 0.337. The molecule has 0 fully saturated rings. The van der Waals surface area contributed by atoms with Gasteiger partial charge in [-0.2, -0.15) is 0 Å². The molecule has 5 nitrogen and oxygen atoms in total. The second-order valence-corrected chi connectivity index (χ2v) is 3.19. The Kier molecular flexibility index (Phi) is 4.05. The van der Waals surface area contributed by atoms with E-state index in [-0.39, 0.29) is 11.8 Å². The summed E-state index contributed by atoms with van der Waals surface area (Å²) in [6, 6.07) is 4.76. The predicted octanol–water partition coefficient (Wildman–Crippen LogP) is 1.52. The lowest BCUT2D eigenvalue weighted by Crippen LogP contribution is -2.11. The summed E-state index contributed by atoms with van der Waals surface area (Å²) in [5.74, 6) is -0.709. The van der Waals surface area contributed by atoms with Crippen LogP contribution in [0.2, 0.25) is 0 Å². The largest absolute Gasteiger partial charge is 0.397 e. The zero-order valence-electron chi connectivity index (χ0n) is 9.19. The maximum absolute atomic E-state index is 11.1. The van der Waals surface area contributed by atoms with Gasteiger partial charge in [-0.25, -0.2) is 0 Å². The third-order valence-corrected chi connectivity index (χ3v) is 1.95. The van der Waals surface area contributed by atoms with Gasteiger partial charge in [-0.3, -0.25) is 9.59 Å². The first kappa shape index (κ1) is 12.5. The number of hydrogen-bond acceptors (Lipinski definition) is 3. The number of anilines is 3. The van der Waals surface area contributed by atoms with Crippen LogP contribution in [0.25, 0.3) is 0 Å². The summed E-state index contributed by atoms with van der Waals surface area (Å²) in [6.07, 6.45) is 2.28. The molecule has 0 heterocycles. The van der Waals surface area contributed by atoms with Crippen molar-refractivity contribution in [3.8, 4) is 0 Å². The van der Waals surface area contributed by atoms with E-state index in [1.807, 2.05) is 0 Å². The lowest BCUT2D eigenvalue weighted by atomic mass is 10.2. The highest BCUT2D eigenvalue weighted by molar-refractivity contribution is 6.03. The van der Waals surface area contributed by atoms with E-state index in [1.165, 1.54) is 0 Å². The number of nitrogens with one attached hydrogen (secondary N) is 2. The lowest BCUT2D eigenvalue weighted by molar-refractivity contribution is -0.112. The van der Waals surface area contributed by atoms with Crippen LogP contribution in [-0.2, 0) is 9.59 Å². The van der Waals surface area contributed by atoms with Crippen molar-refractivity contribution in [3.63, 3.8) is 0 Å². The molecule has 0 unspecified atom stereocenters. The van der Waals surface area contributed by atoms with Crippen molar-refractivity contribution in [1.82, 2.24) is 0 Å². The maximum Gasteiger partial charge on any atom is 0.247 e. The fraction of sp³-hybridized carbons (Fsp3) is 0. The van der Waals surface area contributed by atoms with Crippen molar-refractivity contribution >= 4 is 28.9 Å². The molecule has 0 aliphatic rings. The summed E-state index contributed by atoms with van der Waals surface area (Å²) >= 11 is 0. The average Bonchev–Trinajstić information content (AvgIpc) is 2.33. The van der Waals surface area contributed by atoms with Crippen LogP contribution in [0.5, 0.6) is 0 Å². The van der Waals surface area contributed by atoms with Crippen LogP contribution in [0.4, 0.5) is 17.1 Å². The number of rotatable bonds is 4. The Bertz CT molecular complexity index is 481. The molecule has 0 aliphatic carbocycles. The molecular weight excluding hydrogens is 218 g/mol. The Morgan fingerprint density at radius 1 is 1.12 bits per heavy atom. The topological polar surface area (TPSA) is 84.2 Å². The zero-order valence-corrected chi connectivity index (χ0v) is 9.19. The molecule has 1 aromatic rings. The van der Waals surface area contributed by atoms with E-state index in [4.69, 9.17) is 5.73 Å². The van der Waals surface area contributed by atoms with Crippen LogP contribution in [0.15, 0.2) is 43.5 Å². The molecule has 0 radical (unpaired) electrons. The van der Waals surface area contributed by atoms with Gasteiger partial charge in [0.25, 0.3) is 0 Å². The van der Waals surface area contributed by atoms with E-state index in [0.717, 1.165) is 12.2 Å². The van der Waals surface area contributed by atoms with E-state index < -0.39 is 0 Å². The quantitative estimate of drug-likeness (QED) is 0.542. The molecule has 5 heteroatoms. The zero-order chi connectivity index (χ0) is 12.8. The Morgan fingerprint density at radius 3 is 2.29 bits per heavy atom. The van der Waals surface area contributed by atoms with E-state index in [2.05, 4.69) is 23.8 Å². The van der Waals surface area contributed by atoms with Crippen molar-refractivity contribution in [3.05, 3.63) is 43.5 Å². The Hall–Kier alpha value is -2.56. The summed E-state index contributed by atoms with van der Waals surface area (Å²) in [6.45, 7) is 6.67. The number of carbonyl (C=O) groups is 2. The predicted molar refractivity (Wildman–Crippen MR) is 68.5 cm³/mol. The number of hydrogen-bond donors (Lipinski definition) is 3. The molecule has 0 aromatic heterocycles. The molecule has 2 amide bonds. The normalized spacial score (nSPS) is 9.18. The van der Waals surface area contributed by atoms with Crippen molar-refractivity contribution in [2.75, 3.05) is 16.4 Å². The molecular formula is C12H13N3O2. The molecule has 0 aliphatic heterocycles. The molecule has 17 heavy (non-hydrogen) atoms. The fourth-order valence-corrected chi connectivity index (χ4v) is 1.12. The minimum atomic E-state index is -0.371. The van der Waals surface area contributed by atoms with E-state index in [1.54, 1.807) is 18.2 Å². The van der Waals surface area contributed by atoms with Gasteiger partial charge in [0, 0.05) is 5.69 Å².